The van der Waals surface area contributed by atoms with Gasteiger partial charge in [-0.25, -0.2) is 9.97 Å². The molecule has 2 rings (SSSR count). The quantitative estimate of drug-likeness (QED) is 0.896. The van der Waals surface area contributed by atoms with E-state index in [2.05, 4.69) is 34.2 Å². The summed E-state index contributed by atoms with van der Waals surface area (Å²) in [6.45, 7) is 4.37. The van der Waals surface area contributed by atoms with Crippen molar-refractivity contribution in [2.24, 2.45) is 13.0 Å². The predicted octanol–water partition coefficient (Wildman–Crippen LogP) is 2.12. The molecule has 0 aliphatic carbocycles. The van der Waals surface area contributed by atoms with Gasteiger partial charge in [-0.15, -0.1) is 0 Å². The molecular weight excluding hydrogens is 226 g/mol. The van der Waals surface area contributed by atoms with Crippen LogP contribution in [0.15, 0.2) is 18.5 Å². The molecule has 0 bridgehead atoms. The van der Waals surface area contributed by atoms with Crippen LogP contribution in [0.1, 0.15) is 19.5 Å². The van der Waals surface area contributed by atoms with Gasteiger partial charge in [0, 0.05) is 32.1 Å². The Morgan fingerprint density at radius 1 is 1.33 bits per heavy atom. The van der Waals surface area contributed by atoms with E-state index in [-0.39, 0.29) is 0 Å². The first-order chi connectivity index (χ1) is 8.58. The van der Waals surface area contributed by atoms with E-state index in [1.165, 1.54) is 0 Å². The molecule has 5 heteroatoms. The summed E-state index contributed by atoms with van der Waals surface area (Å²) in [7, 11) is 3.76. The van der Waals surface area contributed by atoms with Gasteiger partial charge in [-0.1, -0.05) is 13.8 Å². The number of rotatable bonds is 4. The van der Waals surface area contributed by atoms with Crippen LogP contribution in [0.5, 0.6) is 0 Å². The zero-order chi connectivity index (χ0) is 13.1. The van der Waals surface area contributed by atoms with Crippen molar-refractivity contribution in [3.8, 4) is 11.4 Å². The van der Waals surface area contributed by atoms with Crippen molar-refractivity contribution in [1.82, 2.24) is 19.7 Å². The first kappa shape index (κ1) is 12.5. The van der Waals surface area contributed by atoms with Crippen molar-refractivity contribution in [1.29, 1.82) is 0 Å². The molecule has 0 spiro atoms. The maximum atomic E-state index is 4.60. The lowest BCUT2D eigenvalue weighted by atomic mass is 10.1. The Kier molecular flexibility index (Phi) is 3.60. The second-order valence-electron chi connectivity index (χ2n) is 4.82. The summed E-state index contributed by atoms with van der Waals surface area (Å²) in [6.07, 6.45) is 4.66. The van der Waals surface area contributed by atoms with Crippen molar-refractivity contribution in [3.05, 3.63) is 24.2 Å². The van der Waals surface area contributed by atoms with Crippen LogP contribution in [0.3, 0.4) is 0 Å². The summed E-state index contributed by atoms with van der Waals surface area (Å²) in [4.78, 5) is 9.07. The maximum absolute atomic E-state index is 4.60. The molecule has 0 radical (unpaired) electrons. The highest BCUT2D eigenvalue weighted by Gasteiger charge is 2.09. The molecule has 0 fully saturated rings. The molecule has 0 aromatic carbocycles. The predicted molar refractivity (Wildman–Crippen MR) is 72.3 cm³/mol. The summed E-state index contributed by atoms with van der Waals surface area (Å²) >= 11 is 0. The molecule has 96 valence electrons. The van der Waals surface area contributed by atoms with Crippen LogP contribution in [-0.2, 0) is 13.5 Å². The van der Waals surface area contributed by atoms with Crippen LogP contribution < -0.4 is 5.32 Å². The summed E-state index contributed by atoms with van der Waals surface area (Å²) in [5, 5.41) is 7.23. The van der Waals surface area contributed by atoms with Gasteiger partial charge in [0.05, 0.1) is 11.8 Å². The Morgan fingerprint density at radius 2 is 2.11 bits per heavy atom. The van der Waals surface area contributed by atoms with Crippen molar-refractivity contribution in [2.75, 3.05) is 12.4 Å². The normalized spacial score (nSPS) is 10.9. The van der Waals surface area contributed by atoms with Gasteiger partial charge in [0.25, 0.3) is 0 Å². The summed E-state index contributed by atoms with van der Waals surface area (Å²) < 4.78 is 1.76. The van der Waals surface area contributed by atoms with E-state index in [4.69, 9.17) is 0 Å². The van der Waals surface area contributed by atoms with E-state index in [1.807, 2.05) is 26.4 Å². The molecule has 2 aromatic heterocycles. The minimum absolute atomic E-state index is 0.575. The third-order valence-corrected chi connectivity index (χ3v) is 2.62. The van der Waals surface area contributed by atoms with Crippen LogP contribution in [-0.4, -0.2) is 26.8 Å². The standard InChI is InChI=1S/C13H19N5/c1-9(2)5-11-6-12(14-3)17-13(16-11)10-7-15-18(4)8-10/h6-9H,5H2,1-4H3,(H,14,16,17). The van der Waals surface area contributed by atoms with Crippen LogP contribution in [0, 0.1) is 5.92 Å². The highest BCUT2D eigenvalue weighted by molar-refractivity contribution is 5.55. The fraction of sp³-hybridized carbons (Fsp3) is 0.462. The molecule has 0 aliphatic heterocycles. The van der Waals surface area contributed by atoms with Gasteiger partial charge >= 0.3 is 0 Å². The first-order valence-corrected chi connectivity index (χ1v) is 6.13. The van der Waals surface area contributed by atoms with Crippen molar-refractivity contribution in [2.45, 2.75) is 20.3 Å². The summed E-state index contributed by atoms with van der Waals surface area (Å²) in [5.41, 5.74) is 2.00. The molecule has 2 heterocycles. The zero-order valence-corrected chi connectivity index (χ0v) is 11.3. The van der Waals surface area contributed by atoms with E-state index < -0.39 is 0 Å². The molecule has 0 atom stereocenters. The lowest BCUT2D eigenvalue weighted by molar-refractivity contribution is 0.635. The van der Waals surface area contributed by atoms with Gasteiger partial charge in [-0.05, 0) is 12.3 Å². The molecular formula is C13H19N5. The van der Waals surface area contributed by atoms with E-state index in [0.29, 0.717) is 5.92 Å². The summed E-state index contributed by atoms with van der Waals surface area (Å²) in [6, 6.07) is 2.00. The first-order valence-electron chi connectivity index (χ1n) is 6.13. The fourth-order valence-corrected chi connectivity index (χ4v) is 1.81. The average Bonchev–Trinajstić information content (AvgIpc) is 2.74. The molecule has 18 heavy (non-hydrogen) atoms. The van der Waals surface area contributed by atoms with Crippen molar-refractivity contribution >= 4 is 5.82 Å². The second-order valence-corrected chi connectivity index (χ2v) is 4.82. The van der Waals surface area contributed by atoms with Crippen LogP contribution in [0.25, 0.3) is 11.4 Å². The van der Waals surface area contributed by atoms with Gasteiger partial charge in [0.15, 0.2) is 5.82 Å². The topological polar surface area (TPSA) is 55.6 Å². The molecule has 2 aromatic rings. The van der Waals surface area contributed by atoms with Crippen LogP contribution in [0.4, 0.5) is 5.82 Å². The second kappa shape index (κ2) is 5.16. The van der Waals surface area contributed by atoms with Gasteiger partial charge in [0.1, 0.15) is 5.82 Å². The zero-order valence-electron chi connectivity index (χ0n) is 11.3. The van der Waals surface area contributed by atoms with Crippen LogP contribution in [0.2, 0.25) is 0 Å². The Bertz CT molecular complexity index is 530. The molecule has 0 saturated carbocycles. The summed E-state index contributed by atoms with van der Waals surface area (Å²) in [5.74, 6) is 2.15. The molecule has 0 amide bonds. The molecule has 0 unspecified atom stereocenters. The third kappa shape index (κ3) is 2.85. The number of aromatic nitrogens is 4. The molecule has 0 aliphatic rings. The highest BCUT2D eigenvalue weighted by Crippen LogP contribution is 2.18. The fourth-order valence-electron chi connectivity index (χ4n) is 1.81. The Labute approximate surface area is 107 Å². The van der Waals surface area contributed by atoms with E-state index in [1.54, 1.807) is 10.9 Å². The van der Waals surface area contributed by atoms with Gasteiger partial charge in [0.2, 0.25) is 0 Å². The third-order valence-electron chi connectivity index (χ3n) is 2.62. The lowest BCUT2D eigenvalue weighted by Gasteiger charge is -2.08. The van der Waals surface area contributed by atoms with Gasteiger partial charge in [-0.3, -0.25) is 4.68 Å². The molecule has 1 N–H and O–H groups in total. The monoisotopic (exact) mass is 245 g/mol. The van der Waals surface area contributed by atoms with E-state index >= 15 is 0 Å². The lowest BCUT2D eigenvalue weighted by Crippen LogP contribution is -2.03. The Morgan fingerprint density at radius 3 is 2.67 bits per heavy atom. The Hall–Kier alpha value is -1.91. The smallest absolute Gasteiger partial charge is 0.164 e. The van der Waals surface area contributed by atoms with Crippen molar-refractivity contribution < 1.29 is 0 Å². The minimum Gasteiger partial charge on any atom is -0.373 e. The molecule has 5 nitrogen and oxygen atoms in total. The highest BCUT2D eigenvalue weighted by atomic mass is 15.2. The van der Waals surface area contributed by atoms with Crippen molar-refractivity contribution in [3.63, 3.8) is 0 Å². The van der Waals surface area contributed by atoms with E-state index in [0.717, 1.165) is 29.3 Å². The Balaban J connectivity index is 2.40. The number of nitrogens with one attached hydrogen (secondary N) is 1. The number of aryl methyl sites for hydroxylation is 1. The average molecular weight is 245 g/mol. The number of hydrogen-bond donors (Lipinski definition) is 1. The number of hydrogen-bond acceptors (Lipinski definition) is 4. The maximum Gasteiger partial charge on any atom is 0.164 e. The van der Waals surface area contributed by atoms with Gasteiger partial charge < -0.3 is 5.32 Å². The minimum atomic E-state index is 0.575. The SMILES string of the molecule is CNc1cc(CC(C)C)nc(-c2cnn(C)c2)n1. The van der Waals surface area contributed by atoms with E-state index in [9.17, 15) is 0 Å². The number of anilines is 1. The molecule has 0 saturated heterocycles. The number of nitrogens with zero attached hydrogens (tertiary/aromatic N) is 4. The largest absolute Gasteiger partial charge is 0.373 e. The van der Waals surface area contributed by atoms with Crippen LogP contribution >= 0.6 is 0 Å². The van der Waals surface area contributed by atoms with Gasteiger partial charge in [-0.2, -0.15) is 5.10 Å².